The molecule has 1 aliphatic heterocycles. The van der Waals surface area contributed by atoms with Crippen LogP contribution in [0.1, 0.15) is 23.0 Å². The summed E-state index contributed by atoms with van der Waals surface area (Å²) in [6.07, 6.45) is 1.46. The summed E-state index contributed by atoms with van der Waals surface area (Å²) in [6, 6.07) is 11.4. The molecular weight excluding hydrogens is 348 g/mol. The smallest absolute Gasteiger partial charge is 0.335 e. The largest absolute Gasteiger partial charge is 0.478 e. The number of nitriles is 1. The highest BCUT2D eigenvalue weighted by Gasteiger charge is 2.33. The Balaban J connectivity index is 2.02. The Hall–Kier alpha value is -3.92. The van der Waals surface area contributed by atoms with Gasteiger partial charge in [0.2, 0.25) is 0 Å². The van der Waals surface area contributed by atoms with Gasteiger partial charge in [-0.25, -0.2) is 4.79 Å². The van der Waals surface area contributed by atoms with Crippen molar-refractivity contribution in [2.45, 2.75) is 6.92 Å². The first-order valence-corrected chi connectivity index (χ1v) is 7.92. The monoisotopic (exact) mass is 362 g/mol. The summed E-state index contributed by atoms with van der Waals surface area (Å²) < 4.78 is 5.70. The molecule has 0 saturated carbocycles. The van der Waals surface area contributed by atoms with Crippen LogP contribution in [0.25, 0.3) is 17.4 Å². The quantitative estimate of drug-likeness (QED) is 0.664. The van der Waals surface area contributed by atoms with Gasteiger partial charge in [-0.05, 0) is 42.8 Å². The van der Waals surface area contributed by atoms with E-state index in [-0.39, 0.29) is 22.3 Å². The van der Waals surface area contributed by atoms with Gasteiger partial charge >= 0.3 is 5.97 Å². The minimum Gasteiger partial charge on any atom is -0.478 e. The molecule has 2 aromatic rings. The molecule has 1 N–H and O–H groups in total. The molecule has 7 heteroatoms. The van der Waals surface area contributed by atoms with Crippen LogP contribution in [0.5, 0.6) is 0 Å². The SMILES string of the molecule is CC1=C(C#N)C(=O)N(C)C(=O)C1=Cc1ccc(-c2cccc(C(=O)O)c2)o1. The highest BCUT2D eigenvalue weighted by Crippen LogP contribution is 2.29. The lowest BCUT2D eigenvalue weighted by Crippen LogP contribution is -2.39. The van der Waals surface area contributed by atoms with Crippen LogP contribution >= 0.6 is 0 Å². The number of carbonyl (C=O) groups is 3. The summed E-state index contributed by atoms with van der Waals surface area (Å²) in [5.74, 6) is -1.44. The zero-order valence-corrected chi connectivity index (χ0v) is 14.5. The summed E-state index contributed by atoms with van der Waals surface area (Å²) in [5, 5.41) is 18.3. The van der Waals surface area contributed by atoms with Gasteiger partial charge in [-0.1, -0.05) is 12.1 Å². The maximum absolute atomic E-state index is 12.4. The third kappa shape index (κ3) is 3.16. The number of imide groups is 1. The number of furan rings is 1. The van der Waals surface area contributed by atoms with Crippen molar-refractivity contribution in [1.29, 1.82) is 5.26 Å². The minimum atomic E-state index is -1.05. The number of hydrogen-bond donors (Lipinski definition) is 1. The van der Waals surface area contributed by atoms with Crippen LogP contribution in [-0.4, -0.2) is 34.8 Å². The third-order valence-corrected chi connectivity index (χ3v) is 4.25. The van der Waals surface area contributed by atoms with Gasteiger partial charge < -0.3 is 9.52 Å². The van der Waals surface area contributed by atoms with E-state index in [1.807, 2.05) is 6.07 Å². The molecule has 1 aromatic carbocycles. The van der Waals surface area contributed by atoms with Crippen LogP contribution in [0, 0.1) is 11.3 Å². The molecule has 0 unspecified atom stereocenters. The maximum Gasteiger partial charge on any atom is 0.335 e. The molecule has 0 spiro atoms. The Morgan fingerprint density at radius 2 is 1.96 bits per heavy atom. The maximum atomic E-state index is 12.4. The Morgan fingerprint density at radius 3 is 2.63 bits per heavy atom. The number of amides is 2. The van der Waals surface area contributed by atoms with Crippen LogP contribution in [0.2, 0.25) is 0 Å². The van der Waals surface area contributed by atoms with Gasteiger partial charge in [0.15, 0.2) is 0 Å². The lowest BCUT2D eigenvalue weighted by Gasteiger charge is -2.23. The van der Waals surface area contributed by atoms with E-state index >= 15 is 0 Å². The van der Waals surface area contributed by atoms with E-state index in [1.165, 1.54) is 32.2 Å². The molecule has 7 nitrogen and oxygen atoms in total. The first kappa shape index (κ1) is 17.9. The topological polar surface area (TPSA) is 112 Å². The van der Waals surface area contributed by atoms with Crippen LogP contribution in [0.4, 0.5) is 0 Å². The average molecular weight is 362 g/mol. The zero-order valence-electron chi connectivity index (χ0n) is 14.5. The molecule has 1 aliphatic rings. The van der Waals surface area contributed by atoms with Crippen molar-refractivity contribution < 1.29 is 23.9 Å². The first-order chi connectivity index (χ1) is 12.8. The van der Waals surface area contributed by atoms with E-state index in [4.69, 9.17) is 9.52 Å². The van der Waals surface area contributed by atoms with Crippen LogP contribution < -0.4 is 0 Å². The van der Waals surface area contributed by atoms with E-state index in [2.05, 4.69) is 0 Å². The number of benzene rings is 1. The van der Waals surface area contributed by atoms with E-state index in [1.54, 1.807) is 24.3 Å². The lowest BCUT2D eigenvalue weighted by molar-refractivity contribution is -0.138. The van der Waals surface area contributed by atoms with E-state index in [0.29, 0.717) is 17.1 Å². The molecule has 2 amide bonds. The number of nitrogens with zero attached hydrogens (tertiary/aromatic N) is 2. The Labute approximate surface area is 154 Å². The van der Waals surface area contributed by atoms with Crippen molar-refractivity contribution in [3.8, 4) is 17.4 Å². The Kier molecular flexibility index (Phi) is 4.48. The molecule has 3 rings (SSSR count). The highest BCUT2D eigenvalue weighted by molar-refractivity contribution is 6.19. The van der Waals surface area contributed by atoms with Crippen molar-refractivity contribution in [2.75, 3.05) is 7.05 Å². The van der Waals surface area contributed by atoms with Crippen LogP contribution in [0.15, 0.2) is 57.5 Å². The second-order valence-electron chi connectivity index (χ2n) is 5.93. The van der Waals surface area contributed by atoms with Gasteiger partial charge in [0.05, 0.1) is 5.56 Å². The molecule has 0 aliphatic carbocycles. The highest BCUT2D eigenvalue weighted by atomic mass is 16.4. The van der Waals surface area contributed by atoms with E-state index in [9.17, 15) is 19.6 Å². The summed E-state index contributed by atoms with van der Waals surface area (Å²) in [7, 11) is 1.31. The summed E-state index contributed by atoms with van der Waals surface area (Å²) >= 11 is 0. The Bertz CT molecular complexity index is 1080. The van der Waals surface area contributed by atoms with Crippen molar-refractivity contribution in [2.24, 2.45) is 0 Å². The second kappa shape index (κ2) is 6.77. The van der Waals surface area contributed by atoms with Crippen molar-refractivity contribution in [3.05, 3.63) is 64.4 Å². The molecule has 27 heavy (non-hydrogen) atoms. The van der Waals surface area contributed by atoms with Gasteiger partial charge in [-0.2, -0.15) is 5.26 Å². The standard InChI is InChI=1S/C20H14N2O5/c1-11-15(18(23)22(2)19(24)16(11)10-21)9-14-6-7-17(27-14)12-4-3-5-13(8-12)20(25)26/h3-9H,1-2H3,(H,25,26). The van der Waals surface area contributed by atoms with Gasteiger partial charge in [-0.3, -0.25) is 14.5 Å². The number of aromatic carboxylic acids is 1. The number of carboxylic acids is 1. The van der Waals surface area contributed by atoms with Gasteiger partial charge in [0, 0.05) is 18.2 Å². The molecule has 0 fully saturated rings. The van der Waals surface area contributed by atoms with Crippen LogP contribution in [-0.2, 0) is 9.59 Å². The molecule has 0 atom stereocenters. The van der Waals surface area contributed by atoms with Gasteiger partial charge in [0.1, 0.15) is 23.2 Å². The Morgan fingerprint density at radius 1 is 1.22 bits per heavy atom. The minimum absolute atomic E-state index is 0.0933. The fraction of sp³-hybridized carbons (Fsp3) is 0.100. The van der Waals surface area contributed by atoms with E-state index in [0.717, 1.165) is 4.90 Å². The predicted molar refractivity (Wildman–Crippen MR) is 95.2 cm³/mol. The number of rotatable bonds is 3. The summed E-state index contributed by atoms with van der Waals surface area (Å²) in [5.41, 5.74) is 1.09. The van der Waals surface area contributed by atoms with Crippen molar-refractivity contribution in [1.82, 2.24) is 4.90 Å². The van der Waals surface area contributed by atoms with Gasteiger partial charge in [0.25, 0.3) is 11.8 Å². The number of carboxylic acid groups (broad SMARTS) is 1. The summed E-state index contributed by atoms with van der Waals surface area (Å²) in [6.45, 7) is 1.54. The molecule has 0 radical (unpaired) electrons. The van der Waals surface area contributed by atoms with Crippen molar-refractivity contribution in [3.63, 3.8) is 0 Å². The van der Waals surface area contributed by atoms with E-state index < -0.39 is 17.8 Å². The van der Waals surface area contributed by atoms with Gasteiger partial charge in [-0.15, -0.1) is 0 Å². The predicted octanol–water partition coefficient (Wildman–Crippen LogP) is 2.87. The number of likely N-dealkylation sites (N-methyl/N-ethyl adjacent to an activating group) is 1. The number of hydrogen-bond acceptors (Lipinski definition) is 5. The first-order valence-electron chi connectivity index (χ1n) is 7.92. The lowest BCUT2D eigenvalue weighted by atomic mass is 9.95. The molecule has 1 aromatic heterocycles. The second-order valence-corrected chi connectivity index (χ2v) is 5.93. The molecule has 0 bridgehead atoms. The number of carbonyl (C=O) groups excluding carboxylic acids is 2. The fourth-order valence-corrected chi connectivity index (χ4v) is 2.73. The molecule has 2 heterocycles. The normalized spacial score (nSPS) is 16.0. The molecule has 0 saturated heterocycles. The zero-order chi connectivity index (χ0) is 19.7. The average Bonchev–Trinajstić information content (AvgIpc) is 3.13. The van der Waals surface area contributed by atoms with Crippen LogP contribution in [0.3, 0.4) is 0 Å². The molecular formula is C20H14N2O5. The third-order valence-electron chi connectivity index (χ3n) is 4.25. The molecule has 134 valence electrons. The summed E-state index contributed by atoms with van der Waals surface area (Å²) in [4.78, 5) is 36.4. The fourth-order valence-electron chi connectivity index (χ4n) is 2.73. The van der Waals surface area contributed by atoms with Crippen molar-refractivity contribution >= 4 is 23.9 Å².